The van der Waals surface area contributed by atoms with Crippen LogP contribution in [0.4, 0.5) is 4.39 Å². The molecule has 0 amide bonds. The highest BCUT2D eigenvalue weighted by Crippen LogP contribution is 2.51. The lowest BCUT2D eigenvalue weighted by Crippen LogP contribution is -2.42. The zero-order chi connectivity index (χ0) is 20.4. The van der Waals surface area contributed by atoms with Crippen molar-refractivity contribution in [3.63, 3.8) is 0 Å². The summed E-state index contributed by atoms with van der Waals surface area (Å²) in [6.07, 6.45) is 2.35. The lowest BCUT2D eigenvalue weighted by molar-refractivity contribution is -0.119. The van der Waals surface area contributed by atoms with Crippen LogP contribution in [0.15, 0.2) is 40.7 Å². The molecule has 0 spiro atoms. The molecule has 0 saturated carbocycles. The first-order valence-corrected chi connectivity index (χ1v) is 10.1. The molecule has 1 N–H and O–H groups in total. The molecule has 0 fully saturated rings. The van der Waals surface area contributed by atoms with Crippen molar-refractivity contribution in [3.8, 4) is 0 Å². The average molecular weight is 402 g/mol. The molecule has 0 radical (unpaired) electrons. The predicted molar refractivity (Wildman–Crippen MR) is 107 cm³/mol. The number of benzene rings is 1. The summed E-state index contributed by atoms with van der Waals surface area (Å²) in [4.78, 5) is 26.3. The minimum atomic E-state index is -0.505. The van der Waals surface area contributed by atoms with Crippen LogP contribution < -0.4 is 5.32 Å². The van der Waals surface area contributed by atoms with Crippen LogP contribution in [0, 0.1) is 16.6 Å². The number of halogens is 2. The monoisotopic (exact) mass is 401 g/mol. The third-order valence-electron chi connectivity index (χ3n) is 6.00. The summed E-state index contributed by atoms with van der Waals surface area (Å²) in [5.74, 6) is -0.881. The Morgan fingerprint density at radius 1 is 0.929 bits per heavy atom. The van der Waals surface area contributed by atoms with E-state index in [0.29, 0.717) is 29.6 Å². The number of nitrogens with one attached hydrogen (secondary N) is 1. The average Bonchev–Trinajstić information content (AvgIpc) is 2.53. The molecule has 2 aliphatic carbocycles. The van der Waals surface area contributed by atoms with E-state index in [1.807, 2.05) is 0 Å². The molecule has 1 aliphatic heterocycles. The number of hydrogen-bond acceptors (Lipinski definition) is 3. The van der Waals surface area contributed by atoms with Gasteiger partial charge in [0.05, 0.1) is 5.02 Å². The molecule has 148 valence electrons. The SMILES string of the molecule is CC1(C)CC(=O)C2=C(C1)NC1=C(C(=O)CC(C)(C)C1)C2c1ccc(F)c(Cl)c1. The van der Waals surface area contributed by atoms with Gasteiger partial charge in [0.25, 0.3) is 0 Å². The van der Waals surface area contributed by atoms with Crippen molar-refractivity contribution in [2.24, 2.45) is 10.8 Å². The van der Waals surface area contributed by atoms with Gasteiger partial charge in [0.2, 0.25) is 0 Å². The Morgan fingerprint density at radius 3 is 1.89 bits per heavy atom. The topological polar surface area (TPSA) is 46.2 Å². The number of carbonyl (C=O) groups excluding carboxylic acids is 2. The number of Topliss-reactive ketones (excluding diaryl/α,β-unsaturated/α-hetero) is 2. The van der Waals surface area contributed by atoms with Crippen molar-refractivity contribution in [2.75, 3.05) is 0 Å². The number of ketones is 2. The van der Waals surface area contributed by atoms with E-state index in [1.165, 1.54) is 6.07 Å². The fraction of sp³-hybridized carbons (Fsp3) is 0.478. The van der Waals surface area contributed by atoms with Crippen LogP contribution in [-0.4, -0.2) is 11.6 Å². The Balaban J connectivity index is 1.93. The molecule has 5 heteroatoms. The summed E-state index contributed by atoms with van der Waals surface area (Å²) in [5.41, 5.74) is 3.52. The third-order valence-corrected chi connectivity index (χ3v) is 6.29. The third kappa shape index (κ3) is 3.22. The Bertz CT molecular complexity index is 919. The second-order valence-electron chi connectivity index (χ2n) is 9.90. The largest absolute Gasteiger partial charge is 0.362 e. The first-order chi connectivity index (χ1) is 13.0. The standard InChI is InChI=1S/C23H25ClFNO2/c1-22(2)8-15-20(17(27)10-22)19(12-5-6-14(25)13(24)7-12)21-16(26-15)9-23(3,4)11-18(21)28/h5-7,19,26H,8-11H2,1-4H3. The first-order valence-electron chi connectivity index (χ1n) is 9.72. The Labute approximate surface area is 170 Å². The van der Waals surface area contributed by atoms with Crippen molar-refractivity contribution in [2.45, 2.75) is 59.3 Å². The van der Waals surface area contributed by atoms with Crippen LogP contribution in [0.1, 0.15) is 64.9 Å². The second-order valence-corrected chi connectivity index (χ2v) is 10.3. The lowest BCUT2D eigenvalue weighted by Gasteiger charge is -2.44. The van der Waals surface area contributed by atoms with Gasteiger partial charge in [-0.15, -0.1) is 0 Å². The van der Waals surface area contributed by atoms with Gasteiger partial charge in [0.15, 0.2) is 11.6 Å². The van der Waals surface area contributed by atoms with E-state index < -0.39 is 11.7 Å². The van der Waals surface area contributed by atoms with Gasteiger partial charge < -0.3 is 5.32 Å². The maximum absolute atomic E-state index is 13.8. The number of rotatable bonds is 1. The molecule has 0 atom stereocenters. The van der Waals surface area contributed by atoms with Gasteiger partial charge in [-0.3, -0.25) is 9.59 Å². The van der Waals surface area contributed by atoms with Crippen LogP contribution in [0.5, 0.6) is 0 Å². The summed E-state index contributed by atoms with van der Waals surface area (Å²) in [6.45, 7) is 8.33. The van der Waals surface area contributed by atoms with Crippen molar-refractivity contribution < 1.29 is 14.0 Å². The fourth-order valence-corrected chi connectivity index (χ4v) is 5.10. The second kappa shape index (κ2) is 6.28. The van der Waals surface area contributed by atoms with Crippen molar-refractivity contribution in [3.05, 3.63) is 57.1 Å². The fourth-order valence-electron chi connectivity index (χ4n) is 4.91. The van der Waals surface area contributed by atoms with E-state index in [9.17, 15) is 14.0 Å². The lowest BCUT2D eigenvalue weighted by atomic mass is 9.64. The Hall–Kier alpha value is -1.94. The van der Waals surface area contributed by atoms with E-state index in [4.69, 9.17) is 11.6 Å². The van der Waals surface area contributed by atoms with Gasteiger partial charge in [-0.1, -0.05) is 45.4 Å². The quantitative estimate of drug-likeness (QED) is 0.680. The summed E-state index contributed by atoms with van der Waals surface area (Å²) in [6, 6.07) is 4.52. The highest BCUT2D eigenvalue weighted by atomic mass is 35.5. The smallest absolute Gasteiger partial charge is 0.162 e. The molecule has 0 bridgehead atoms. The molecule has 0 unspecified atom stereocenters. The minimum absolute atomic E-state index is 0.00695. The van der Waals surface area contributed by atoms with Crippen LogP contribution in [0.25, 0.3) is 0 Å². The molecular formula is C23H25ClFNO2. The van der Waals surface area contributed by atoms with Crippen LogP contribution >= 0.6 is 11.6 Å². The molecule has 0 saturated heterocycles. The molecule has 1 heterocycles. The van der Waals surface area contributed by atoms with E-state index in [1.54, 1.807) is 12.1 Å². The van der Waals surface area contributed by atoms with E-state index in [0.717, 1.165) is 24.2 Å². The van der Waals surface area contributed by atoms with Crippen LogP contribution in [0.3, 0.4) is 0 Å². The van der Waals surface area contributed by atoms with E-state index >= 15 is 0 Å². The van der Waals surface area contributed by atoms with Gasteiger partial charge in [-0.05, 0) is 41.4 Å². The van der Waals surface area contributed by atoms with Crippen LogP contribution in [-0.2, 0) is 9.59 Å². The zero-order valence-electron chi connectivity index (χ0n) is 16.7. The summed E-state index contributed by atoms with van der Waals surface area (Å²) < 4.78 is 13.8. The summed E-state index contributed by atoms with van der Waals surface area (Å²) in [5, 5.41) is 3.47. The summed E-state index contributed by atoms with van der Waals surface area (Å²) >= 11 is 6.05. The van der Waals surface area contributed by atoms with Crippen molar-refractivity contribution >= 4 is 23.2 Å². The normalized spacial score (nSPS) is 24.1. The number of allylic oxidation sites excluding steroid dienone is 4. The van der Waals surface area contributed by atoms with Gasteiger partial charge in [0.1, 0.15) is 5.82 Å². The summed E-state index contributed by atoms with van der Waals surface area (Å²) in [7, 11) is 0. The number of dihydropyridines is 1. The van der Waals surface area contributed by atoms with Crippen molar-refractivity contribution in [1.82, 2.24) is 5.32 Å². The maximum Gasteiger partial charge on any atom is 0.162 e. The van der Waals surface area contributed by atoms with E-state index in [2.05, 4.69) is 33.0 Å². The highest BCUT2D eigenvalue weighted by molar-refractivity contribution is 6.30. The number of hydrogen-bond donors (Lipinski definition) is 1. The molecule has 1 aromatic rings. The molecule has 3 aliphatic rings. The van der Waals surface area contributed by atoms with E-state index in [-0.39, 0.29) is 27.4 Å². The minimum Gasteiger partial charge on any atom is -0.362 e. The zero-order valence-corrected chi connectivity index (χ0v) is 17.5. The molecule has 4 rings (SSSR count). The van der Waals surface area contributed by atoms with Gasteiger partial charge >= 0.3 is 0 Å². The van der Waals surface area contributed by atoms with Gasteiger partial charge in [-0.25, -0.2) is 4.39 Å². The maximum atomic E-state index is 13.8. The Kier molecular flexibility index (Phi) is 4.35. The van der Waals surface area contributed by atoms with Gasteiger partial charge in [-0.2, -0.15) is 0 Å². The van der Waals surface area contributed by atoms with Crippen molar-refractivity contribution in [1.29, 1.82) is 0 Å². The molecule has 1 aromatic carbocycles. The molecule has 0 aromatic heterocycles. The Morgan fingerprint density at radius 2 is 1.43 bits per heavy atom. The first kappa shape index (κ1) is 19.4. The molecule has 3 nitrogen and oxygen atoms in total. The van der Waals surface area contributed by atoms with Gasteiger partial charge in [0, 0.05) is 41.3 Å². The molecule has 28 heavy (non-hydrogen) atoms. The molecular weight excluding hydrogens is 377 g/mol. The highest BCUT2D eigenvalue weighted by Gasteiger charge is 2.46. The number of carbonyl (C=O) groups is 2. The predicted octanol–water partition coefficient (Wildman–Crippen LogP) is 5.45. The van der Waals surface area contributed by atoms with Crippen LogP contribution in [0.2, 0.25) is 5.02 Å².